The minimum absolute atomic E-state index is 0.270. The first-order chi connectivity index (χ1) is 9.70. The van der Waals surface area contributed by atoms with Crippen LogP contribution in [0, 0.1) is 0 Å². The van der Waals surface area contributed by atoms with Crippen LogP contribution in [0.1, 0.15) is 22.7 Å². The first-order valence-corrected chi connectivity index (χ1v) is 7.20. The molecule has 0 saturated carbocycles. The van der Waals surface area contributed by atoms with Crippen molar-refractivity contribution in [1.82, 2.24) is 4.90 Å². The van der Waals surface area contributed by atoms with Crippen LogP contribution in [0.5, 0.6) is 5.75 Å². The lowest BCUT2D eigenvalue weighted by Gasteiger charge is -2.35. The topological polar surface area (TPSA) is 12.5 Å². The van der Waals surface area contributed by atoms with E-state index >= 15 is 0 Å². The van der Waals surface area contributed by atoms with E-state index in [9.17, 15) is 0 Å². The molecule has 3 heteroatoms. The lowest BCUT2D eigenvalue weighted by atomic mass is 9.88. The van der Waals surface area contributed by atoms with E-state index in [0.717, 1.165) is 18.7 Å². The van der Waals surface area contributed by atoms with Crippen LogP contribution in [0.25, 0.3) is 0 Å². The van der Waals surface area contributed by atoms with Crippen LogP contribution >= 0.6 is 11.6 Å². The van der Waals surface area contributed by atoms with E-state index < -0.39 is 0 Å². The number of nitrogens with zero attached hydrogens (tertiary/aromatic N) is 1. The van der Waals surface area contributed by atoms with Crippen LogP contribution in [0.15, 0.2) is 42.5 Å². The number of likely N-dealkylation sites (N-methyl/N-ethyl adjacent to an activating group) is 1. The third kappa shape index (κ3) is 2.30. The van der Waals surface area contributed by atoms with Gasteiger partial charge in [0, 0.05) is 6.54 Å². The molecule has 1 aliphatic heterocycles. The van der Waals surface area contributed by atoms with E-state index in [-0.39, 0.29) is 6.04 Å². The molecule has 0 fully saturated rings. The number of hydrogen-bond acceptors (Lipinski definition) is 2. The molecule has 0 aliphatic carbocycles. The number of ether oxygens (including phenoxy) is 1. The molecule has 104 valence electrons. The van der Waals surface area contributed by atoms with Gasteiger partial charge in [-0.1, -0.05) is 41.9 Å². The van der Waals surface area contributed by atoms with E-state index in [2.05, 4.69) is 54.4 Å². The SMILES string of the molecule is COc1cc2c(cc1Cl)CCN(C)C2c1ccccc1. The van der Waals surface area contributed by atoms with Crippen LogP contribution in [-0.4, -0.2) is 25.6 Å². The van der Waals surface area contributed by atoms with Crippen LogP contribution in [-0.2, 0) is 6.42 Å². The zero-order chi connectivity index (χ0) is 14.1. The van der Waals surface area contributed by atoms with Gasteiger partial charge in [-0.15, -0.1) is 0 Å². The number of halogens is 1. The summed E-state index contributed by atoms with van der Waals surface area (Å²) in [6.45, 7) is 1.04. The van der Waals surface area contributed by atoms with Gasteiger partial charge in [0.1, 0.15) is 5.75 Å². The Hall–Kier alpha value is -1.51. The predicted molar refractivity (Wildman–Crippen MR) is 82.6 cm³/mol. The quantitative estimate of drug-likeness (QED) is 0.830. The average molecular weight is 288 g/mol. The minimum Gasteiger partial charge on any atom is -0.495 e. The molecule has 2 aromatic rings. The van der Waals surface area contributed by atoms with E-state index in [1.54, 1.807) is 7.11 Å². The number of fused-ring (bicyclic) bond motifs is 1. The second kappa shape index (κ2) is 5.47. The molecule has 0 spiro atoms. The Bertz CT molecular complexity index is 612. The molecule has 20 heavy (non-hydrogen) atoms. The zero-order valence-corrected chi connectivity index (χ0v) is 12.5. The molecular formula is C17H18ClNO. The molecule has 2 nitrogen and oxygen atoms in total. The summed E-state index contributed by atoms with van der Waals surface area (Å²) in [5, 5.41) is 0.697. The van der Waals surface area contributed by atoms with Crippen LogP contribution in [0.4, 0.5) is 0 Å². The lowest BCUT2D eigenvalue weighted by molar-refractivity contribution is 0.264. The monoisotopic (exact) mass is 287 g/mol. The summed E-state index contributed by atoms with van der Waals surface area (Å²) >= 11 is 6.25. The third-order valence-corrected chi connectivity index (χ3v) is 4.29. The first-order valence-electron chi connectivity index (χ1n) is 6.82. The average Bonchev–Trinajstić information content (AvgIpc) is 2.48. The summed E-state index contributed by atoms with van der Waals surface area (Å²) in [5.41, 5.74) is 3.93. The van der Waals surface area contributed by atoms with E-state index in [1.807, 2.05) is 0 Å². The molecule has 1 atom stereocenters. The molecule has 1 heterocycles. The van der Waals surface area contributed by atoms with Gasteiger partial charge in [0.25, 0.3) is 0 Å². The van der Waals surface area contributed by atoms with Gasteiger partial charge in [-0.3, -0.25) is 4.90 Å². The number of benzene rings is 2. The van der Waals surface area contributed by atoms with Gasteiger partial charge >= 0.3 is 0 Å². The highest BCUT2D eigenvalue weighted by Crippen LogP contribution is 2.39. The van der Waals surface area contributed by atoms with E-state index in [4.69, 9.17) is 16.3 Å². The molecule has 0 saturated heterocycles. The fourth-order valence-electron chi connectivity index (χ4n) is 2.97. The second-order valence-corrected chi connectivity index (χ2v) is 5.64. The van der Waals surface area contributed by atoms with Crippen molar-refractivity contribution in [2.45, 2.75) is 12.5 Å². The summed E-state index contributed by atoms with van der Waals surface area (Å²) in [4.78, 5) is 2.38. The molecule has 0 bridgehead atoms. The maximum absolute atomic E-state index is 6.25. The summed E-state index contributed by atoms with van der Waals surface area (Å²) in [7, 11) is 3.83. The Labute approximate surface area is 124 Å². The Morgan fingerprint density at radius 1 is 1.20 bits per heavy atom. The standard InChI is InChI=1S/C17H18ClNO/c1-19-9-8-13-10-15(18)16(20-2)11-14(13)17(19)12-6-4-3-5-7-12/h3-7,10-11,17H,8-9H2,1-2H3. The van der Waals surface area contributed by atoms with Crippen LogP contribution < -0.4 is 4.74 Å². The summed E-state index contributed by atoms with van der Waals surface area (Å²) < 4.78 is 5.38. The van der Waals surface area contributed by atoms with Crippen molar-refractivity contribution in [3.8, 4) is 5.75 Å². The largest absolute Gasteiger partial charge is 0.495 e. The Morgan fingerprint density at radius 2 is 1.95 bits per heavy atom. The van der Waals surface area contributed by atoms with E-state index in [0.29, 0.717) is 5.02 Å². The van der Waals surface area contributed by atoms with Gasteiger partial charge in [0.2, 0.25) is 0 Å². The van der Waals surface area contributed by atoms with Crippen molar-refractivity contribution in [1.29, 1.82) is 0 Å². The Morgan fingerprint density at radius 3 is 2.65 bits per heavy atom. The molecule has 1 unspecified atom stereocenters. The van der Waals surface area contributed by atoms with Crippen LogP contribution in [0.2, 0.25) is 5.02 Å². The Balaban J connectivity index is 2.13. The highest BCUT2D eigenvalue weighted by Gasteiger charge is 2.27. The fraction of sp³-hybridized carbons (Fsp3) is 0.294. The fourth-order valence-corrected chi connectivity index (χ4v) is 3.23. The third-order valence-electron chi connectivity index (χ3n) is 4.00. The molecule has 0 amide bonds. The van der Waals surface area contributed by atoms with Gasteiger partial charge in [0.15, 0.2) is 0 Å². The molecule has 0 N–H and O–H groups in total. The highest BCUT2D eigenvalue weighted by atomic mass is 35.5. The lowest BCUT2D eigenvalue weighted by Crippen LogP contribution is -2.32. The summed E-state index contributed by atoms with van der Waals surface area (Å²) in [5.74, 6) is 0.752. The van der Waals surface area contributed by atoms with Gasteiger partial charge < -0.3 is 4.74 Å². The van der Waals surface area contributed by atoms with E-state index in [1.165, 1.54) is 16.7 Å². The van der Waals surface area contributed by atoms with Gasteiger partial charge in [-0.25, -0.2) is 0 Å². The molecule has 3 rings (SSSR count). The normalized spacial score (nSPS) is 18.6. The second-order valence-electron chi connectivity index (χ2n) is 5.23. The van der Waals surface area contributed by atoms with Crippen molar-refractivity contribution < 1.29 is 4.74 Å². The molecule has 1 aliphatic rings. The number of rotatable bonds is 2. The van der Waals surface area contributed by atoms with Crippen molar-refractivity contribution in [3.63, 3.8) is 0 Å². The van der Waals surface area contributed by atoms with Crippen molar-refractivity contribution in [2.24, 2.45) is 0 Å². The number of methoxy groups -OCH3 is 1. The maximum Gasteiger partial charge on any atom is 0.137 e. The van der Waals surface area contributed by atoms with Gasteiger partial charge in [0.05, 0.1) is 18.2 Å². The zero-order valence-electron chi connectivity index (χ0n) is 11.8. The first kappa shape index (κ1) is 13.5. The molecular weight excluding hydrogens is 270 g/mol. The Kier molecular flexibility index (Phi) is 3.68. The minimum atomic E-state index is 0.270. The number of hydrogen-bond donors (Lipinski definition) is 0. The van der Waals surface area contributed by atoms with Gasteiger partial charge in [-0.2, -0.15) is 0 Å². The van der Waals surface area contributed by atoms with Crippen molar-refractivity contribution in [3.05, 3.63) is 64.2 Å². The van der Waals surface area contributed by atoms with Crippen molar-refractivity contribution in [2.75, 3.05) is 20.7 Å². The van der Waals surface area contributed by atoms with Gasteiger partial charge in [-0.05, 0) is 42.3 Å². The highest BCUT2D eigenvalue weighted by molar-refractivity contribution is 6.32. The molecule has 0 radical (unpaired) electrons. The predicted octanol–water partition coefficient (Wildman–Crippen LogP) is 3.93. The summed E-state index contributed by atoms with van der Waals surface area (Å²) in [6.07, 6.45) is 1.03. The molecule has 0 aromatic heterocycles. The smallest absolute Gasteiger partial charge is 0.137 e. The molecule has 2 aromatic carbocycles. The summed E-state index contributed by atoms with van der Waals surface area (Å²) in [6, 6.07) is 15.0. The maximum atomic E-state index is 6.25. The van der Waals surface area contributed by atoms with Crippen LogP contribution in [0.3, 0.4) is 0 Å². The van der Waals surface area contributed by atoms with Crippen molar-refractivity contribution >= 4 is 11.6 Å².